The molecule has 3 saturated heterocycles. The van der Waals surface area contributed by atoms with E-state index in [1.54, 1.807) is 35.8 Å². The van der Waals surface area contributed by atoms with Crippen molar-refractivity contribution in [1.82, 2.24) is 31.0 Å². The zero-order valence-corrected chi connectivity index (χ0v) is 36.0. The van der Waals surface area contributed by atoms with E-state index in [1.807, 2.05) is 17.4 Å². The quantitative estimate of drug-likeness (QED) is 0.0368. The maximum atomic E-state index is 15.5. The summed E-state index contributed by atoms with van der Waals surface area (Å²) in [6.45, 7) is 0.865. The second kappa shape index (κ2) is 21.1. The summed E-state index contributed by atoms with van der Waals surface area (Å²) in [4.78, 5) is 35.4. The van der Waals surface area contributed by atoms with Crippen molar-refractivity contribution in [3.05, 3.63) is 101 Å². The number of halogens is 6. The molecule has 2 amide bonds. The lowest BCUT2D eigenvalue weighted by Crippen LogP contribution is -2.62. The van der Waals surface area contributed by atoms with Gasteiger partial charge in [-0.15, -0.1) is 0 Å². The Morgan fingerprint density at radius 1 is 1.05 bits per heavy atom. The number of aromatic nitrogens is 1. The number of methoxy groups -OCH3 is 1. The highest BCUT2D eigenvalue weighted by Crippen LogP contribution is 2.41. The molecule has 2 unspecified atom stereocenters. The number of hydrogen-bond donors (Lipinski definition) is 6. The number of nitrogens with one attached hydrogen (secondary N) is 4. The number of aliphatic hydroxyl groups is 1. The standard InChI is InChI=1S/C45H53F6N9O5/c1-44(2,45(49,50)51)40(56-43(63)64-3)41(62)57-59(21-31-12-11-30(17-36(31)46)32(18-52)20-55-42(47)48)24-38(61)37(53)16-28-7-4-27(5-8-28)6-9-29-10-15-39(54-19-29)58-22-33-13-14-34(23-58)60(33)35-25-65-26-35/h4-5,7-8,10-12,15,17-20,33-35,37-38,40,42,52,55,61H,13-14,16,21-26,53H2,1-3H3,(H,56,63)(H,57,62)/b32-20+,52-18?/t33?,34?,37-,38-,40+/m0/s1. The molecule has 0 spiro atoms. The number of alkyl halides is 5. The molecular weight excluding hydrogens is 861 g/mol. The number of carbonyl (C=O) groups is 2. The molecule has 2 bridgehead atoms. The number of rotatable bonds is 17. The second-order valence-electron chi connectivity index (χ2n) is 16.9. The number of amides is 2. The third-order valence-electron chi connectivity index (χ3n) is 12.0. The van der Waals surface area contributed by atoms with Crippen molar-refractivity contribution < 1.29 is 50.5 Å². The Morgan fingerprint density at radius 2 is 1.71 bits per heavy atom. The van der Waals surface area contributed by atoms with Crippen LogP contribution in [0.5, 0.6) is 0 Å². The van der Waals surface area contributed by atoms with E-state index in [2.05, 4.69) is 31.8 Å². The number of alkyl carbamates (subject to hydrolysis) is 1. The van der Waals surface area contributed by atoms with Crippen molar-refractivity contribution in [2.75, 3.05) is 44.9 Å². The van der Waals surface area contributed by atoms with Crippen molar-refractivity contribution >= 4 is 29.6 Å². The molecule has 65 heavy (non-hydrogen) atoms. The number of anilines is 1. The Kier molecular flexibility index (Phi) is 15.8. The van der Waals surface area contributed by atoms with Gasteiger partial charge in [0.25, 0.3) is 5.91 Å². The largest absolute Gasteiger partial charge is 0.453 e. The van der Waals surface area contributed by atoms with Gasteiger partial charge >= 0.3 is 18.8 Å². The zero-order valence-electron chi connectivity index (χ0n) is 36.0. The summed E-state index contributed by atoms with van der Waals surface area (Å²) in [7, 11) is 0.903. The van der Waals surface area contributed by atoms with Gasteiger partial charge in [0.05, 0.1) is 37.9 Å². The van der Waals surface area contributed by atoms with Crippen molar-refractivity contribution in [3.63, 3.8) is 0 Å². The van der Waals surface area contributed by atoms with Crippen LogP contribution in [-0.4, -0.2) is 127 Å². The van der Waals surface area contributed by atoms with E-state index in [4.69, 9.17) is 20.9 Å². The molecule has 3 fully saturated rings. The number of benzene rings is 2. The number of pyridine rings is 1. The lowest BCUT2D eigenvalue weighted by Gasteiger charge is -2.47. The van der Waals surface area contributed by atoms with Crippen LogP contribution in [0.2, 0.25) is 0 Å². The number of nitrogens with two attached hydrogens (primary N) is 1. The van der Waals surface area contributed by atoms with Crippen LogP contribution < -0.4 is 26.7 Å². The summed E-state index contributed by atoms with van der Waals surface area (Å²) >= 11 is 0. The first kappa shape index (κ1) is 48.7. The Hall–Kier alpha value is -5.72. The number of aliphatic hydroxyl groups excluding tert-OH is 1. The third-order valence-corrected chi connectivity index (χ3v) is 12.0. The van der Waals surface area contributed by atoms with E-state index in [0.29, 0.717) is 43.1 Å². The number of ether oxygens (including phenoxy) is 2. The van der Waals surface area contributed by atoms with Gasteiger partial charge in [0, 0.05) is 85.2 Å². The summed E-state index contributed by atoms with van der Waals surface area (Å²) < 4.78 is 93.5. The van der Waals surface area contributed by atoms with Gasteiger partial charge in [-0.25, -0.2) is 19.2 Å². The second-order valence-corrected chi connectivity index (χ2v) is 16.9. The summed E-state index contributed by atoms with van der Waals surface area (Å²) in [5, 5.41) is 23.4. The van der Waals surface area contributed by atoms with E-state index < -0.39 is 67.2 Å². The summed E-state index contributed by atoms with van der Waals surface area (Å²) in [5.74, 6) is 4.89. The van der Waals surface area contributed by atoms with Crippen LogP contribution in [0.25, 0.3) is 5.57 Å². The maximum absolute atomic E-state index is 15.5. The van der Waals surface area contributed by atoms with Gasteiger partial charge in [-0.05, 0) is 74.6 Å². The monoisotopic (exact) mass is 913 g/mol. The molecule has 20 heteroatoms. The Labute approximate surface area is 373 Å². The van der Waals surface area contributed by atoms with Gasteiger partial charge in [-0.1, -0.05) is 36.1 Å². The molecule has 0 saturated carbocycles. The number of hydrazine groups is 1. The molecule has 3 aliphatic heterocycles. The van der Waals surface area contributed by atoms with Crippen LogP contribution in [0, 0.1) is 28.5 Å². The average Bonchev–Trinajstić information content (AvgIpc) is 3.47. The SMILES string of the molecule is COC(=O)N[C@H](C(=O)NN(Cc1ccc(/C(C=N)=C/NC(F)F)cc1F)C[C@H](O)[C@@H](N)Cc1ccc(C#Cc2ccc(N3CC4CCC(C3)N4C3COC3)nc2)cc1)C(C)(C)C(F)(F)F. The lowest BCUT2D eigenvalue weighted by atomic mass is 9.83. The van der Waals surface area contributed by atoms with Gasteiger partial charge in [-0.3, -0.25) is 15.1 Å². The third kappa shape index (κ3) is 12.1. The van der Waals surface area contributed by atoms with Crippen molar-refractivity contribution in [2.24, 2.45) is 11.1 Å². The smallest absolute Gasteiger partial charge is 0.407 e. The maximum Gasteiger partial charge on any atom is 0.407 e. The molecular formula is C45H53F6N9O5. The fraction of sp³-hybridized carbons (Fsp3) is 0.467. The molecule has 4 heterocycles. The summed E-state index contributed by atoms with van der Waals surface area (Å²) in [6.07, 6.45) is -2.02. The Balaban J connectivity index is 1.11. The fourth-order valence-electron chi connectivity index (χ4n) is 8.11. The minimum absolute atomic E-state index is 0.0379. The van der Waals surface area contributed by atoms with E-state index >= 15 is 4.39 Å². The van der Waals surface area contributed by atoms with E-state index in [-0.39, 0.29) is 23.1 Å². The first-order chi connectivity index (χ1) is 30.9. The zero-order chi connectivity index (χ0) is 47.1. The van der Waals surface area contributed by atoms with Gasteiger partial charge < -0.3 is 41.3 Å². The minimum atomic E-state index is -5.00. The summed E-state index contributed by atoms with van der Waals surface area (Å²) in [6, 6.07) is 12.8. The van der Waals surface area contributed by atoms with Crippen molar-refractivity contribution in [2.45, 2.75) is 88.7 Å². The lowest BCUT2D eigenvalue weighted by molar-refractivity contribution is -0.221. The van der Waals surface area contributed by atoms with Crippen molar-refractivity contribution in [1.29, 1.82) is 5.41 Å². The number of piperazine rings is 1. The van der Waals surface area contributed by atoms with Crippen molar-refractivity contribution in [3.8, 4) is 11.8 Å². The van der Waals surface area contributed by atoms with Gasteiger partial charge in [-0.2, -0.15) is 22.0 Å². The first-order valence-electron chi connectivity index (χ1n) is 21.0. The van der Waals surface area contributed by atoms with Gasteiger partial charge in [0.2, 0.25) is 0 Å². The molecule has 1 aromatic heterocycles. The first-order valence-corrected chi connectivity index (χ1v) is 21.0. The Morgan fingerprint density at radius 3 is 2.26 bits per heavy atom. The number of allylic oxidation sites excluding steroid dienone is 1. The van der Waals surface area contributed by atoms with Crippen LogP contribution in [0.15, 0.2) is 67.0 Å². The van der Waals surface area contributed by atoms with Gasteiger partial charge in [0.1, 0.15) is 17.7 Å². The summed E-state index contributed by atoms with van der Waals surface area (Å²) in [5.41, 5.74) is 7.79. The average molecular weight is 914 g/mol. The highest BCUT2D eigenvalue weighted by atomic mass is 19.4. The molecule has 5 atom stereocenters. The molecule has 7 N–H and O–H groups in total. The van der Waals surface area contributed by atoms with E-state index in [0.717, 1.165) is 68.3 Å². The molecule has 2 aromatic carbocycles. The highest BCUT2D eigenvalue weighted by Gasteiger charge is 2.56. The van der Waals surface area contributed by atoms with Gasteiger partial charge in [0.15, 0.2) is 0 Å². The van der Waals surface area contributed by atoms with Crippen LogP contribution in [0.4, 0.5) is 37.0 Å². The fourth-order valence-corrected chi connectivity index (χ4v) is 8.11. The van der Waals surface area contributed by atoms with E-state index in [1.165, 1.54) is 25.0 Å². The molecule has 6 rings (SSSR count). The highest BCUT2D eigenvalue weighted by molar-refractivity contribution is 6.08. The van der Waals surface area contributed by atoms with Crippen LogP contribution in [0.3, 0.4) is 0 Å². The molecule has 14 nitrogen and oxygen atoms in total. The molecule has 0 radical (unpaired) electrons. The molecule has 0 aliphatic carbocycles. The Bertz CT molecular complexity index is 2220. The molecule has 3 aliphatic rings. The number of nitrogens with zero attached hydrogens (tertiary/aromatic N) is 4. The van der Waals surface area contributed by atoms with Crippen LogP contribution >= 0.6 is 0 Å². The van der Waals surface area contributed by atoms with Crippen LogP contribution in [0.1, 0.15) is 54.5 Å². The molecule has 3 aromatic rings. The topological polar surface area (TPSA) is 181 Å². The predicted octanol–water partition coefficient (Wildman–Crippen LogP) is 4.55. The minimum Gasteiger partial charge on any atom is -0.453 e. The van der Waals surface area contributed by atoms with Crippen LogP contribution in [-0.2, 0) is 27.2 Å². The number of hydrogen-bond acceptors (Lipinski definition) is 12. The number of fused-ring (bicyclic) bond motifs is 2. The number of carbonyl (C=O) groups excluding carboxylic acids is 2. The predicted molar refractivity (Wildman–Crippen MR) is 230 cm³/mol. The molecule has 350 valence electrons. The normalized spacial score (nSPS) is 19.5. The van der Waals surface area contributed by atoms with E-state index in [9.17, 15) is 36.6 Å².